The Labute approximate surface area is 132 Å². The molecule has 0 spiro atoms. The second-order valence-electron chi connectivity index (χ2n) is 5.76. The van der Waals surface area contributed by atoms with Gasteiger partial charge in [-0.1, -0.05) is 0 Å². The molecule has 0 aromatic heterocycles. The van der Waals surface area contributed by atoms with Crippen molar-refractivity contribution in [1.29, 1.82) is 0 Å². The predicted molar refractivity (Wildman–Crippen MR) is 83.8 cm³/mol. The van der Waals surface area contributed by atoms with Crippen LogP contribution in [0.2, 0.25) is 0 Å². The molecule has 3 rings (SSSR count). The maximum absolute atomic E-state index is 6.01. The largest absolute Gasteiger partial charge is 0.493 e. The zero-order valence-electron chi connectivity index (χ0n) is 13.5. The first-order chi connectivity index (χ1) is 10.8. The number of benzene rings is 1. The molecule has 1 fully saturated rings. The van der Waals surface area contributed by atoms with Crippen LogP contribution in [-0.4, -0.2) is 58.6 Å². The number of morpholine rings is 1. The van der Waals surface area contributed by atoms with Gasteiger partial charge in [-0.25, -0.2) is 0 Å². The summed E-state index contributed by atoms with van der Waals surface area (Å²) in [6.07, 6.45) is 2.08. The maximum atomic E-state index is 6.01. The number of rotatable bonds is 5. The molecule has 0 aliphatic carbocycles. The van der Waals surface area contributed by atoms with Gasteiger partial charge in [-0.15, -0.1) is 0 Å². The second-order valence-corrected chi connectivity index (χ2v) is 5.76. The molecule has 122 valence electrons. The van der Waals surface area contributed by atoms with Gasteiger partial charge in [0.1, 0.15) is 0 Å². The van der Waals surface area contributed by atoms with Gasteiger partial charge in [0, 0.05) is 19.6 Å². The van der Waals surface area contributed by atoms with Crippen LogP contribution in [0, 0.1) is 0 Å². The molecule has 0 radical (unpaired) electrons. The Kier molecular flexibility index (Phi) is 5.18. The van der Waals surface area contributed by atoms with Crippen molar-refractivity contribution in [2.75, 3.05) is 53.7 Å². The number of ether oxygens (including phenoxy) is 4. The molecule has 1 unspecified atom stereocenters. The smallest absolute Gasteiger partial charge is 0.161 e. The number of methoxy groups -OCH3 is 2. The topological polar surface area (TPSA) is 40.2 Å². The molecular formula is C17H25NO4. The third-order valence-corrected chi connectivity index (χ3v) is 4.49. The average Bonchev–Trinajstić information content (AvgIpc) is 2.59. The van der Waals surface area contributed by atoms with E-state index >= 15 is 0 Å². The van der Waals surface area contributed by atoms with Crippen molar-refractivity contribution < 1.29 is 18.9 Å². The number of hydrogen-bond donors (Lipinski definition) is 0. The Morgan fingerprint density at radius 3 is 2.55 bits per heavy atom. The fraction of sp³-hybridized carbons (Fsp3) is 0.647. The van der Waals surface area contributed by atoms with Crippen LogP contribution in [-0.2, 0) is 15.9 Å². The van der Waals surface area contributed by atoms with E-state index in [-0.39, 0.29) is 6.10 Å². The van der Waals surface area contributed by atoms with Crippen LogP contribution in [0.25, 0.3) is 0 Å². The first-order valence-corrected chi connectivity index (χ1v) is 7.98. The minimum absolute atomic E-state index is 0.145. The molecule has 1 aromatic rings. The van der Waals surface area contributed by atoms with E-state index in [1.165, 1.54) is 11.1 Å². The molecule has 1 atom stereocenters. The summed E-state index contributed by atoms with van der Waals surface area (Å²) >= 11 is 0. The van der Waals surface area contributed by atoms with Crippen molar-refractivity contribution in [3.63, 3.8) is 0 Å². The van der Waals surface area contributed by atoms with Crippen LogP contribution in [0.5, 0.6) is 11.5 Å². The predicted octanol–water partition coefficient (Wildman–Crippen LogP) is 2.04. The van der Waals surface area contributed by atoms with Crippen molar-refractivity contribution in [3.8, 4) is 11.5 Å². The van der Waals surface area contributed by atoms with E-state index in [1.807, 2.05) is 0 Å². The monoisotopic (exact) mass is 307 g/mol. The van der Waals surface area contributed by atoms with Crippen molar-refractivity contribution >= 4 is 0 Å². The van der Waals surface area contributed by atoms with Crippen LogP contribution in [0.4, 0.5) is 0 Å². The minimum atomic E-state index is 0.145. The van der Waals surface area contributed by atoms with Crippen molar-refractivity contribution in [1.82, 2.24) is 4.90 Å². The highest BCUT2D eigenvalue weighted by atomic mass is 16.5. The molecule has 0 bridgehead atoms. The molecule has 0 saturated carbocycles. The third-order valence-electron chi connectivity index (χ3n) is 4.49. The van der Waals surface area contributed by atoms with E-state index in [0.717, 1.165) is 63.8 Å². The molecular weight excluding hydrogens is 282 g/mol. The highest BCUT2D eigenvalue weighted by Gasteiger charge is 2.24. The summed E-state index contributed by atoms with van der Waals surface area (Å²) < 4.78 is 22.3. The van der Waals surface area contributed by atoms with E-state index < -0.39 is 0 Å². The first-order valence-electron chi connectivity index (χ1n) is 7.98. The molecule has 2 aliphatic heterocycles. The van der Waals surface area contributed by atoms with Gasteiger partial charge in [0.2, 0.25) is 0 Å². The van der Waals surface area contributed by atoms with Crippen LogP contribution in [0.15, 0.2) is 12.1 Å². The first kappa shape index (κ1) is 15.6. The van der Waals surface area contributed by atoms with E-state index in [0.29, 0.717) is 0 Å². The van der Waals surface area contributed by atoms with Gasteiger partial charge in [0.15, 0.2) is 11.5 Å². The standard InChI is InChI=1S/C17H25NO4/c1-19-16-11-13-4-8-22-15(14(13)12-17(16)20-2)3-5-18-6-9-21-10-7-18/h11-12,15H,3-10H2,1-2H3. The highest BCUT2D eigenvalue weighted by Crippen LogP contribution is 2.38. The molecule has 0 N–H and O–H groups in total. The molecule has 2 heterocycles. The van der Waals surface area contributed by atoms with E-state index in [4.69, 9.17) is 18.9 Å². The van der Waals surface area contributed by atoms with Gasteiger partial charge >= 0.3 is 0 Å². The summed E-state index contributed by atoms with van der Waals surface area (Å²) in [5.74, 6) is 1.58. The minimum Gasteiger partial charge on any atom is -0.493 e. The Bertz CT molecular complexity index is 500. The van der Waals surface area contributed by atoms with Crippen molar-refractivity contribution in [2.24, 2.45) is 0 Å². The zero-order chi connectivity index (χ0) is 15.4. The van der Waals surface area contributed by atoms with E-state index in [1.54, 1.807) is 14.2 Å². The maximum Gasteiger partial charge on any atom is 0.161 e. The van der Waals surface area contributed by atoms with Gasteiger partial charge in [-0.05, 0) is 36.1 Å². The summed E-state index contributed by atoms with van der Waals surface area (Å²) in [5.41, 5.74) is 2.56. The van der Waals surface area contributed by atoms with Gasteiger partial charge in [0.05, 0.1) is 40.1 Å². The summed E-state index contributed by atoms with van der Waals surface area (Å²) in [4.78, 5) is 2.45. The molecule has 5 nitrogen and oxygen atoms in total. The van der Waals surface area contributed by atoms with Crippen LogP contribution in [0.1, 0.15) is 23.7 Å². The van der Waals surface area contributed by atoms with E-state index in [2.05, 4.69) is 17.0 Å². The Morgan fingerprint density at radius 2 is 1.82 bits per heavy atom. The Hall–Kier alpha value is -1.30. The molecule has 22 heavy (non-hydrogen) atoms. The lowest BCUT2D eigenvalue weighted by atomic mass is 9.94. The highest BCUT2D eigenvalue weighted by molar-refractivity contribution is 5.48. The molecule has 1 saturated heterocycles. The van der Waals surface area contributed by atoms with Gasteiger partial charge in [0.25, 0.3) is 0 Å². The summed E-state index contributed by atoms with van der Waals surface area (Å²) in [6, 6.07) is 4.18. The number of nitrogens with zero attached hydrogens (tertiary/aromatic N) is 1. The lowest BCUT2D eigenvalue weighted by Gasteiger charge is -2.31. The van der Waals surface area contributed by atoms with Gasteiger partial charge < -0.3 is 18.9 Å². The lowest BCUT2D eigenvalue weighted by molar-refractivity contribution is 0.00727. The van der Waals surface area contributed by atoms with Gasteiger partial charge in [-0.3, -0.25) is 4.90 Å². The van der Waals surface area contributed by atoms with Gasteiger partial charge in [-0.2, -0.15) is 0 Å². The Balaban J connectivity index is 1.72. The third kappa shape index (κ3) is 3.37. The molecule has 0 amide bonds. The summed E-state index contributed by atoms with van der Waals surface area (Å²) in [6.45, 7) is 5.54. The quantitative estimate of drug-likeness (QED) is 0.832. The number of hydrogen-bond acceptors (Lipinski definition) is 5. The fourth-order valence-corrected chi connectivity index (χ4v) is 3.22. The Morgan fingerprint density at radius 1 is 1.09 bits per heavy atom. The SMILES string of the molecule is COc1cc2c(cc1OC)C(CCN1CCOCC1)OCC2. The number of fused-ring (bicyclic) bond motifs is 1. The van der Waals surface area contributed by atoms with Crippen LogP contribution >= 0.6 is 0 Å². The van der Waals surface area contributed by atoms with E-state index in [9.17, 15) is 0 Å². The summed E-state index contributed by atoms with van der Waals surface area (Å²) in [5, 5.41) is 0. The second kappa shape index (κ2) is 7.31. The lowest BCUT2D eigenvalue weighted by Crippen LogP contribution is -2.37. The fourth-order valence-electron chi connectivity index (χ4n) is 3.22. The van der Waals surface area contributed by atoms with Crippen LogP contribution < -0.4 is 9.47 Å². The summed E-state index contributed by atoms with van der Waals surface area (Å²) in [7, 11) is 3.36. The van der Waals surface area contributed by atoms with Crippen molar-refractivity contribution in [2.45, 2.75) is 18.9 Å². The zero-order valence-corrected chi connectivity index (χ0v) is 13.5. The molecule has 2 aliphatic rings. The molecule has 1 aromatic carbocycles. The van der Waals surface area contributed by atoms with Crippen molar-refractivity contribution in [3.05, 3.63) is 23.3 Å². The normalized spacial score (nSPS) is 22.2. The van der Waals surface area contributed by atoms with Crippen LogP contribution in [0.3, 0.4) is 0 Å². The average molecular weight is 307 g/mol. The molecule has 5 heteroatoms.